The Labute approximate surface area is 119 Å². The van der Waals surface area contributed by atoms with E-state index in [0.717, 1.165) is 12.0 Å². The molecule has 0 aliphatic heterocycles. The highest BCUT2D eigenvalue weighted by Crippen LogP contribution is 2.14. The summed E-state index contributed by atoms with van der Waals surface area (Å²) in [4.78, 5) is 12.8. The normalized spacial score (nSPS) is 11.9. The number of hydrogen-bond donors (Lipinski definition) is 3. The first-order chi connectivity index (χ1) is 9.15. The third kappa shape index (κ3) is 6.50. The second-order valence-electron chi connectivity index (χ2n) is 4.44. The van der Waals surface area contributed by atoms with E-state index in [9.17, 15) is 4.79 Å². The molecule has 1 atom stereocenters. The molecule has 0 saturated carbocycles. The summed E-state index contributed by atoms with van der Waals surface area (Å²) in [6.45, 7) is 2.62. The van der Waals surface area contributed by atoms with E-state index in [-0.39, 0.29) is 18.7 Å². The van der Waals surface area contributed by atoms with E-state index in [1.807, 2.05) is 37.4 Å². The van der Waals surface area contributed by atoms with Gasteiger partial charge in [-0.2, -0.15) is 0 Å². The molecular weight excluding hydrogens is 260 g/mol. The highest BCUT2D eigenvalue weighted by atomic mass is 32.2. The van der Waals surface area contributed by atoms with Crippen LogP contribution in [0.25, 0.3) is 0 Å². The monoisotopic (exact) mass is 282 g/mol. The molecule has 0 aromatic heterocycles. The minimum atomic E-state index is -0.167. The van der Waals surface area contributed by atoms with E-state index >= 15 is 0 Å². The number of thioether (sulfide) groups is 1. The first kappa shape index (κ1) is 15.9. The van der Waals surface area contributed by atoms with Gasteiger partial charge in [0.25, 0.3) is 0 Å². The lowest BCUT2D eigenvalue weighted by molar-refractivity contribution is 0.234. The average molecular weight is 282 g/mol. The van der Waals surface area contributed by atoms with Crippen LogP contribution in [-0.4, -0.2) is 30.0 Å². The third-order valence-electron chi connectivity index (χ3n) is 2.78. The second-order valence-corrected chi connectivity index (χ2v) is 5.32. The van der Waals surface area contributed by atoms with E-state index in [1.54, 1.807) is 11.8 Å². The summed E-state index contributed by atoms with van der Waals surface area (Å²) in [5.74, 6) is 0. The van der Waals surface area contributed by atoms with E-state index in [4.69, 9.17) is 5.11 Å². The van der Waals surface area contributed by atoms with Gasteiger partial charge in [0.15, 0.2) is 0 Å². The van der Waals surface area contributed by atoms with Crippen molar-refractivity contribution in [2.45, 2.75) is 37.2 Å². The fraction of sp³-hybridized carbons (Fsp3) is 0.500. The van der Waals surface area contributed by atoms with Crippen LogP contribution in [0.1, 0.15) is 25.3 Å². The van der Waals surface area contributed by atoms with E-state index in [1.165, 1.54) is 4.90 Å². The van der Waals surface area contributed by atoms with E-state index in [0.29, 0.717) is 13.0 Å². The summed E-state index contributed by atoms with van der Waals surface area (Å²) in [6.07, 6.45) is 3.53. The van der Waals surface area contributed by atoms with Crippen LogP contribution in [0.5, 0.6) is 0 Å². The summed E-state index contributed by atoms with van der Waals surface area (Å²) in [5, 5.41) is 14.4. The Morgan fingerprint density at radius 3 is 2.63 bits per heavy atom. The molecule has 0 spiro atoms. The van der Waals surface area contributed by atoms with Gasteiger partial charge in [-0.15, -0.1) is 11.8 Å². The molecule has 5 heteroatoms. The zero-order valence-corrected chi connectivity index (χ0v) is 12.3. The maximum absolute atomic E-state index is 11.6. The molecule has 0 heterocycles. The van der Waals surface area contributed by atoms with Crippen LogP contribution in [-0.2, 0) is 6.54 Å². The topological polar surface area (TPSA) is 61.4 Å². The molecule has 0 aliphatic carbocycles. The lowest BCUT2D eigenvalue weighted by Crippen LogP contribution is -2.40. The van der Waals surface area contributed by atoms with Crippen LogP contribution >= 0.6 is 11.8 Å². The van der Waals surface area contributed by atoms with Gasteiger partial charge < -0.3 is 15.7 Å². The van der Waals surface area contributed by atoms with Crippen molar-refractivity contribution in [2.75, 3.05) is 12.9 Å². The number of aliphatic hydroxyl groups is 1. The standard InChI is InChI=1S/C14H22N2O2S/c1-11(4-3-9-17)16-14(18)15-10-12-5-7-13(19-2)8-6-12/h5-8,11,17H,3-4,9-10H2,1-2H3,(H2,15,16,18). The Balaban J connectivity index is 2.28. The van der Waals surface area contributed by atoms with Crippen molar-refractivity contribution in [1.82, 2.24) is 10.6 Å². The number of amides is 2. The summed E-state index contributed by atoms with van der Waals surface area (Å²) in [7, 11) is 0. The molecule has 106 valence electrons. The maximum atomic E-state index is 11.6. The molecule has 3 N–H and O–H groups in total. The number of benzene rings is 1. The van der Waals surface area contributed by atoms with Crippen LogP contribution in [0.15, 0.2) is 29.2 Å². The maximum Gasteiger partial charge on any atom is 0.315 e. The minimum absolute atomic E-state index is 0.0750. The van der Waals surface area contributed by atoms with Gasteiger partial charge in [-0.25, -0.2) is 4.79 Å². The largest absolute Gasteiger partial charge is 0.396 e. The van der Waals surface area contributed by atoms with Gasteiger partial charge in [0.05, 0.1) is 0 Å². The Bertz CT molecular complexity index is 382. The zero-order valence-electron chi connectivity index (χ0n) is 11.5. The van der Waals surface area contributed by atoms with Gasteiger partial charge in [-0.05, 0) is 43.7 Å². The first-order valence-corrected chi connectivity index (χ1v) is 7.66. The van der Waals surface area contributed by atoms with Crippen molar-refractivity contribution in [3.05, 3.63) is 29.8 Å². The highest BCUT2D eigenvalue weighted by Gasteiger charge is 2.06. The summed E-state index contributed by atoms with van der Waals surface area (Å²) in [6, 6.07) is 8.03. The van der Waals surface area contributed by atoms with Crippen LogP contribution in [0, 0.1) is 0 Å². The Hall–Kier alpha value is -1.20. The van der Waals surface area contributed by atoms with Crippen molar-refractivity contribution < 1.29 is 9.90 Å². The fourth-order valence-electron chi connectivity index (χ4n) is 1.67. The van der Waals surface area contributed by atoms with Crippen molar-refractivity contribution in [3.63, 3.8) is 0 Å². The number of rotatable bonds is 7. The van der Waals surface area contributed by atoms with Crippen LogP contribution in [0.2, 0.25) is 0 Å². The van der Waals surface area contributed by atoms with E-state index < -0.39 is 0 Å². The minimum Gasteiger partial charge on any atom is -0.396 e. The van der Waals surface area contributed by atoms with Gasteiger partial charge in [-0.3, -0.25) is 0 Å². The van der Waals surface area contributed by atoms with Crippen LogP contribution in [0.3, 0.4) is 0 Å². The SMILES string of the molecule is CSc1ccc(CNC(=O)NC(C)CCCO)cc1. The smallest absolute Gasteiger partial charge is 0.315 e. The Kier molecular flexibility index (Phi) is 7.36. The van der Waals surface area contributed by atoms with Gasteiger partial charge in [0, 0.05) is 24.1 Å². The molecule has 4 nitrogen and oxygen atoms in total. The zero-order chi connectivity index (χ0) is 14.1. The Morgan fingerprint density at radius 1 is 1.37 bits per heavy atom. The predicted molar refractivity (Wildman–Crippen MR) is 79.4 cm³/mol. The van der Waals surface area contributed by atoms with Crippen molar-refractivity contribution in [2.24, 2.45) is 0 Å². The van der Waals surface area contributed by atoms with Gasteiger partial charge >= 0.3 is 6.03 Å². The molecule has 0 fully saturated rings. The number of nitrogens with one attached hydrogen (secondary N) is 2. The highest BCUT2D eigenvalue weighted by molar-refractivity contribution is 7.98. The predicted octanol–water partition coefficient (Wildman–Crippen LogP) is 2.37. The van der Waals surface area contributed by atoms with Gasteiger partial charge in [0.2, 0.25) is 0 Å². The molecule has 0 saturated heterocycles. The number of hydrogen-bond acceptors (Lipinski definition) is 3. The van der Waals surface area contributed by atoms with Crippen molar-refractivity contribution in [1.29, 1.82) is 0 Å². The number of carbonyl (C=O) groups is 1. The third-order valence-corrected chi connectivity index (χ3v) is 3.53. The lowest BCUT2D eigenvalue weighted by atomic mass is 10.2. The molecule has 1 rings (SSSR count). The first-order valence-electron chi connectivity index (χ1n) is 6.44. The molecular formula is C14H22N2O2S. The van der Waals surface area contributed by atoms with Crippen LogP contribution < -0.4 is 10.6 Å². The molecule has 0 bridgehead atoms. The van der Waals surface area contributed by atoms with Crippen molar-refractivity contribution in [3.8, 4) is 0 Å². The summed E-state index contributed by atoms with van der Waals surface area (Å²) >= 11 is 1.70. The average Bonchev–Trinajstić information content (AvgIpc) is 2.43. The molecule has 2 amide bonds. The summed E-state index contributed by atoms with van der Waals surface area (Å²) < 4.78 is 0. The molecule has 1 aromatic carbocycles. The summed E-state index contributed by atoms with van der Waals surface area (Å²) in [5.41, 5.74) is 1.08. The van der Waals surface area contributed by atoms with Gasteiger partial charge in [-0.1, -0.05) is 12.1 Å². The second kappa shape index (κ2) is 8.82. The number of carbonyl (C=O) groups excluding carboxylic acids is 1. The van der Waals surface area contributed by atoms with Crippen molar-refractivity contribution >= 4 is 17.8 Å². The van der Waals surface area contributed by atoms with E-state index in [2.05, 4.69) is 10.6 Å². The number of aliphatic hydroxyl groups excluding tert-OH is 1. The molecule has 1 aromatic rings. The van der Waals surface area contributed by atoms with Gasteiger partial charge in [0.1, 0.15) is 0 Å². The lowest BCUT2D eigenvalue weighted by Gasteiger charge is -2.14. The fourth-order valence-corrected chi connectivity index (χ4v) is 2.08. The molecule has 19 heavy (non-hydrogen) atoms. The Morgan fingerprint density at radius 2 is 2.05 bits per heavy atom. The number of urea groups is 1. The van der Waals surface area contributed by atoms with Crippen LogP contribution in [0.4, 0.5) is 4.79 Å². The molecule has 0 radical (unpaired) electrons. The molecule has 1 unspecified atom stereocenters. The molecule has 0 aliphatic rings. The quantitative estimate of drug-likeness (QED) is 0.673.